The molecule has 2 nitrogen and oxygen atoms in total. The molecule has 22 heavy (non-hydrogen) atoms. The van der Waals surface area contributed by atoms with E-state index in [0.29, 0.717) is 6.42 Å². The van der Waals surface area contributed by atoms with Gasteiger partial charge in [-0.2, -0.15) is 0 Å². The first kappa shape index (κ1) is 14.6. The van der Waals surface area contributed by atoms with Crippen molar-refractivity contribution in [2.75, 3.05) is 7.11 Å². The second-order valence-electron chi connectivity index (χ2n) is 5.65. The van der Waals surface area contributed by atoms with Gasteiger partial charge in [0.25, 0.3) is 0 Å². The molecule has 0 aliphatic heterocycles. The Bertz CT molecular complexity index is 669. The normalized spacial score (nSPS) is 20.1. The van der Waals surface area contributed by atoms with Crippen LogP contribution in [0.2, 0.25) is 0 Å². The van der Waals surface area contributed by atoms with Crippen LogP contribution in [-0.4, -0.2) is 12.9 Å². The van der Waals surface area contributed by atoms with Crippen LogP contribution in [0.15, 0.2) is 60.2 Å². The minimum absolute atomic E-state index is 0.187. The van der Waals surface area contributed by atoms with Gasteiger partial charge in [0.15, 0.2) is 5.78 Å². The minimum Gasteiger partial charge on any atom is -0.497 e. The van der Waals surface area contributed by atoms with Crippen LogP contribution >= 0.6 is 0 Å². The van der Waals surface area contributed by atoms with E-state index in [1.807, 2.05) is 42.5 Å². The van der Waals surface area contributed by atoms with Gasteiger partial charge in [0.05, 0.1) is 7.11 Å². The highest BCUT2D eigenvalue weighted by Crippen LogP contribution is 2.37. The summed E-state index contributed by atoms with van der Waals surface area (Å²) >= 11 is 0. The number of ether oxygens (including phenoxy) is 1. The zero-order valence-corrected chi connectivity index (χ0v) is 12.8. The summed E-state index contributed by atoms with van der Waals surface area (Å²) in [6, 6.07) is 18.2. The zero-order chi connectivity index (χ0) is 15.4. The van der Waals surface area contributed by atoms with Gasteiger partial charge in [-0.1, -0.05) is 42.5 Å². The van der Waals surface area contributed by atoms with Crippen molar-refractivity contribution in [3.63, 3.8) is 0 Å². The Kier molecular flexibility index (Phi) is 4.38. The molecule has 0 aromatic heterocycles. The quantitative estimate of drug-likeness (QED) is 0.772. The fourth-order valence-electron chi connectivity index (χ4n) is 3.05. The van der Waals surface area contributed by atoms with Gasteiger partial charge in [-0.05, 0) is 42.2 Å². The lowest BCUT2D eigenvalue weighted by atomic mass is 9.78. The molecular weight excluding hydrogens is 272 g/mol. The van der Waals surface area contributed by atoms with Gasteiger partial charge in [0.1, 0.15) is 5.75 Å². The molecule has 1 fully saturated rings. The monoisotopic (exact) mass is 292 g/mol. The van der Waals surface area contributed by atoms with Gasteiger partial charge in [-0.3, -0.25) is 4.79 Å². The summed E-state index contributed by atoms with van der Waals surface area (Å²) in [4.78, 5) is 12.4. The first-order valence-electron chi connectivity index (χ1n) is 7.72. The summed E-state index contributed by atoms with van der Waals surface area (Å²) < 4.78 is 5.22. The maximum atomic E-state index is 12.4. The summed E-state index contributed by atoms with van der Waals surface area (Å²) in [5.41, 5.74) is 3.21. The van der Waals surface area contributed by atoms with Crippen molar-refractivity contribution in [2.45, 2.75) is 25.2 Å². The number of benzene rings is 2. The van der Waals surface area contributed by atoms with E-state index in [1.54, 1.807) is 7.11 Å². The number of carbonyl (C=O) groups is 1. The Morgan fingerprint density at radius 1 is 1.05 bits per heavy atom. The van der Waals surface area contributed by atoms with E-state index in [2.05, 4.69) is 18.2 Å². The summed E-state index contributed by atoms with van der Waals surface area (Å²) in [5, 5.41) is 0. The predicted octanol–water partition coefficient (Wildman–Crippen LogP) is 4.62. The molecule has 0 heterocycles. The summed E-state index contributed by atoms with van der Waals surface area (Å²) in [7, 11) is 1.67. The number of Topliss-reactive ketones (excluding diaryl/α,β-unsaturated/α-hetero) is 1. The van der Waals surface area contributed by atoms with Crippen LogP contribution in [-0.2, 0) is 4.79 Å². The predicted molar refractivity (Wildman–Crippen MR) is 89.0 cm³/mol. The lowest BCUT2D eigenvalue weighted by Crippen LogP contribution is -2.17. The van der Waals surface area contributed by atoms with Gasteiger partial charge in [-0.15, -0.1) is 0 Å². The van der Waals surface area contributed by atoms with Gasteiger partial charge in [0.2, 0.25) is 0 Å². The standard InChI is InChI=1S/C20H20O2/c1-22-17-12-10-16(11-13-17)18-8-5-9-20(21)19(18)14-15-6-3-2-4-7-15/h2-4,6-7,10-14,18H,5,8-9H2,1H3/b19-14+. The third-order valence-electron chi connectivity index (χ3n) is 4.23. The number of ketones is 1. The van der Waals surface area contributed by atoms with Crippen LogP contribution in [0.1, 0.15) is 36.3 Å². The van der Waals surface area contributed by atoms with Gasteiger partial charge in [-0.25, -0.2) is 0 Å². The van der Waals surface area contributed by atoms with Crippen LogP contribution in [0.3, 0.4) is 0 Å². The van der Waals surface area contributed by atoms with Crippen LogP contribution in [0.25, 0.3) is 6.08 Å². The van der Waals surface area contributed by atoms with Crippen molar-refractivity contribution in [1.29, 1.82) is 0 Å². The Hall–Kier alpha value is -2.35. The van der Waals surface area contributed by atoms with E-state index < -0.39 is 0 Å². The second-order valence-corrected chi connectivity index (χ2v) is 5.65. The highest BCUT2D eigenvalue weighted by Gasteiger charge is 2.26. The first-order chi connectivity index (χ1) is 10.8. The Balaban J connectivity index is 1.96. The maximum absolute atomic E-state index is 12.4. The summed E-state index contributed by atoms with van der Waals surface area (Å²) in [6.45, 7) is 0. The van der Waals surface area contributed by atoms with E-state index >= 15 is 0 Å². The van der Waals surface area contributed by atoms with E-state index in [4.69, 9.17) is 4.74 Å². The molecule has 0 spiro atoms. The lowest BCUT2D eigenvalue weighted by molar-refractivity contribution is -0.116. The van der Waals surface area contributed by atoms with E-state index in [1.165, 1.54) is 5.56 Å². The largest absolute Gasteiger partial charge is 0.497 e. The fraction of sp³-hybridized carbons (Fsp3) is 0.250. The molecule has 2 heteroatoms. The smallest absolute Gasteiger partial charge is 0.159 e. The molecule has 2 aromatic carbocycles. The van der Waals surface area contributed by atoms with Crippen molar-refractivity contribution in [1.82, 2.24) is 0 Å². The average molecular weight is 292 g/mol. The molecule has 3 rings (SSSR count). The molecule has 0 N–H and O–H groups in total. The van der Waals surface area contributed by atoms with E-state index in [-0.39, 0.29) is 11.7 Å². The van der Waals surface area contributed by atoms with Crippen LogP contribution in [0.5, 0.6) is 5.75 Å². The zero-order valence-electron chi connectivity index (χ0n) is 12.8. The van der Waals surface area contributed by atoms with Crippen molar-refractivity contribution >= 4 is 11.9 Å². The van der Waals surface area contributed by atoms with Crippen molar-refractivity contribution in [2.24, 2.45) is 0 Å². The molecule has 1 atom stereocenters. The molecule has 1 aliphatic rings. The number of carbonyl (C=O) groups excluding carboxylic acids is 1. The number of allylic oxidation sites excluding steroid dienone is 1. The SMILES string of the molecule is COc1ccc(C2CCCC(=O)/C2=C/c2ccccc2)cc1. The molecule has 1 unspecified atom stereocenters. The van der Waals surface area contributed by atoms with Gasteiger partial charge in [0, 0.05) is 17.9 Å². The molecule has 0 saturated heterocycles. The summed E-state index contributed by atoms with van der Waals surface area (Å²) in [6.07, 6.45) is 4.69. The molecule has 112 valence electrons. The summed E-state index contributed by atoms with van der Waals surface area (Å²) in [5.74, 6) is 1.31. The van der Waals surface area contributed by atoms with Crippen molar-refractivity contribution in [3.8, 4) is 5.75 Å². The minimum atomic E-state index is 0.187. The Morgan fingerprint density at radius 3 is 2.45 bits per heavy atom. The van der Waals surface area contributed by atoms with Gasteiger partial charge < -0.3 is 4.74 Å². The number of rotatable bonds is 3. The number of hydrogen-bond acceptors (Lipinski definition) is 2. The lowest BCUT2D eigenvalue weighted by Gasteiger charge is -2.25. The van der Waals surface area contributed by atoms with Crippen LogP contribution < -0.4 is 4.74 Å². The number of hydrogen-bond donors (Lipinski definition) is 0. The second kappa shape index (κ2) is 6.61. The molecule has 0 radical (unpaired) electrons. The van der Waals surface area contributed by atoms with Crippen LogP contribution in [0.4, 0.5) is 0 Å². The molecule has 2 aromatic rings. The highest BCUT2D eigenvalue weighted by molar-refractivity contribution is 6.01. The van der Waals surface area contributed by atoms with E-state index in [0.717, 1.165) is 29.7 Å². The molecule has 1 saturated carbocycles. The molecule has 0 bridgehead atoms. The Labute approximate surface area is 131 Å². The van der Waals surface area contributed by atoms with E-state index in [9.17, 15) is 4.79 Å². The van der Waals surface area contributed by atoms with Crippen LogP contribution in [0, 0.1) is 0 Å². The number of methoxy groups -OCH3 is 1. The topological polar surface area (TPSA) is 26.3 Å². The third-order valence-corrected chi connectivity index (χ3v) is 4.23. The first-order valence-corrected chi connectivity index (χ1v) is 7.72. The molecular formula is C20H20O2. The average Bonchev–Trinajstić information content (AvgIpc) is 2.58. The highest BCUT2D eigenvalue weighted by atomic mass is 16.5. The van der Waals surface area contributed by atoms with Crippen molar-refractivity contribution in [3.05, 3.63) is 71.3 Å². The third kappa shape index (κ3) is 3.11. The molecule has 0 amide bonds. The fourth-order valence-corrected chi connectivity index (χ4v) is 3.05. The van der Waals surface area contributed by atoms with Crippen molar-refractivity contribution < 1.29 is 9.53 Å². The Morgan fingerprint density at radius 2 is 1.77 bits per heavy atom. The maximum Gasteiger partial charge on any atom is 0.159 e. The van der Waals surface area contributed by atoms with Gasteiger partial charge >= 0.3 is 0 Å². The molecule has 1 aliphatic carbocycles.